The summed E-state index contributed by atoms with van der Waals surface area (Å²) in [5.74, 6) is 2.30. The molecule has 1 saturated heterocycles. The van der Waals surface area contributed by atoms with Crippen molar-refractivity contribution in [2.75, 3.05) is 12.3 Å². The van der Waals surface area contributed by atoms with Crippen LogP contribution in [0.2, 0.25) is 0 Å². The Bertz CT molecular complexity index is 508. The van der Waals surface area contributed by atoms with E-state index in [4.69, 9.17) is 0 Å². The first kappa shape index (κ1) is 14.3. The maximum Gasteiger partial charge on any atom is 0.120 e. The van der Waals surface area contributed by atoms with Gasteiger partial charge in [-0.05, 0) is 62.0 Å². The highest BCUT2D eigenvalue weighted by atomic mass is 32.2. The number of thioether (sulfide) groups is 1. The second-order valence-corrected chi connectivity index (χ2v) is 8.38. The van der Waals surface area contributed by atoms with Crippen LogP contribution in [0.4, 0.5) is 0 Å². The average Bonchev–Trinajstić information content (AvgIpc) is 2.97. The summed E-state index contributed by atoms with van der Waals surface area (Å²) >= 11 is 2.09. The molecule has 0 aromatic heterocycles. The Morgan fingerprint density at radius 3 is 2.90 bits per heavy atom. The van der Waals surface area contributed by atoms with Gasteiger partial charge >= 0.3 is 0 Å². The van der Waals surface area contributed by atoms with Crippen LogP contribution in [0, 0.1) is 6.92 Å². The van der Waals surface area contributed by atoms with E-state index in [-0.39, 0.29) is 0 Å². The van der Waals surface area contributed by atoms with Gasteiger partial charge in [0.05, 0.1) is 0 Å². The molecule has 110 valence electrons. The van der Waals surface area contributed by atoms with Gasteiger partial charge < -0.3 is 10.4 Å². The number of hydrogen-bond donors (Lipinski definition) is 2. The zero-order valence-corrected chi connectivity index (χ0v) is 13.5. The van der Waals surface area contributed by atoms with Crippen LogP contribution in [-0.4, -0.2) is 22.2 Å². The van der Waals surface area contributed by atoms with Gasteiger partial charge in [0.1, 0.15) is 5.75 Å². The highest BCUT2D eigenvalue weighted by molar-refractivity contribution is 8.00. The third kappa shape index (κ3) is 2.46. The molecule has 1 fully saturated rings. The monoisotopic (exact) mass is 291 g/mol. The Kier molecular flexibility index (Phi) is 3.76. The van der Waals surface area contributed by atoms with Gasteiger partial charge in [-0.3, -0.25) is 0 Å². The van der Waals surface area contributed by atoms with E-state index in [9.17, 15) is 5.11 Å². The van der Waals surface area contributed by atoms with Crippen LogP contribution < -0.4 is 5.32 Å². The van der Waals surface area contributed by atoms with E-state index in [0.717, 1.165) is 18.5 Å². The van der Waals surface area contributed by atoms with Gasteiger partial charge in [0.25, 0.3) is 0 Å². The van der Waals surface area contributed by atoms with Crippen molar-refractivity contribution >= 4 is 11.8 Å². The van der Waals surface area contributed by atoms with E-state index < -0.39 is 0 Å². The van der Waals surface area contributed by atoms with Crippen molar-refractivity contribution < 1.29 is 5.11 Å². The second-order valence-electron chi connectivity index (χ2n) is 6.70. The summed E-state index contributed by atoms with van der Waals surface area (Å²) in [6, 6.07) is 4.21. The van der Waals surface area contributed by atoms with Crippen LogP contribution in [0.1, 0.15) is 61.8 Å². The van der Waals surface area contributed by atoms with Crippen molar-refractivity contribution in [2.24, 2.45) is 0 Å². The van der Waals surface area contributed by atoms with E-state index in [2.05, 4.69) is 37.8 Å². The first-order valence-electron chi connectivity index (χ1n) is 7.70. The van der Waals surface area contributed by atoms with Crippen molar-refractivity contribution in [2.45, 2.75) is 56.7 Å². The minimum absolute atomic E-state index is 0.318. The quantitative estimate of drug-likeness (QED) is 0.878. The molecule has 1 aliphatic carbocycles. The molecule has 0 spiro atoms. The number of aromatic hydroxyl groups is 1. The highest BCUT2D eigenvalue weighted by Gasteiger charge is 2.35. The average molecular weight is 291 g/mol. The molecule has 3 rings (SSSR count). The molecule has 1 heterocycles. The number of fused-ring (bicyclic) bond motifs is 1. The molecule has 0 bridgehead atoms. The third-order valence-electron chi connectivity index (χ3n) is 4.94. The number of nitrogens with one attached hydrogen (secondary N) is 1. The fourth-order valence-corrected chi connectivity index (χ4v) is 5.10. The van der Waals surface area contributed by atoms with E-state index in [1.807, 2.05) is 12.1 Å². The molecule has 0 radical (unpaired) electrons. The molecule has 3 heteroatoms. The van der Waals surface area contributed by atoms with Crippen LogP contribution in [0.3, 0.4) is 0 Å². The van der Waals surface area contributed by atoms with E-state index in [1.165, 1.54) is 29.7 Å². The first-order chi connectivity index (χ1) is 9.50. The lowest BCUT2D eigenvalue weighted by Gasteiger charge is -2.26. The minimum Gasteiger partial charge on any atom is -0.508 e. The number of rotatable bonds is 3. The Morgan fingerprint density at radius 2 is 2.20 bits per heavy atom. The summed E-state index contributed by atoms with van der Waals surface area (Å²) in [5.41, 5.74) is 3.84. The molecule has 2 aliphatic rings. The minimum atomic E-state index is 0.318. The lowest BCUT2D eigenvalue weighted by molar-refractivity contribution is 0.429. The zero-order valence-electron chi connectivity index (χ0n) is 12.7. The van der Waals surface area contributed by atoms with Gasteiger partial charge in [0.15, 0.2) is 0 Å². The Hall–Kier alpha value is -0.670. The van der Waals surface area contributed by atoms with Crippen molar-refractivity contribution in [3.05, 3.63) is 28.8 Å². The summed E-state index contributed by atoms with van der Waals surface area (Å²) in [6.07, 6.45) is 3.75. The SMILES string of the molecule is Cc1ccc(O)c2c1C(C)CC2NCC1(C)CCCS1. The molecule has 1 aromatic carbocycles. The number of phenolic OH excluding ortho intramolecular Hbond substituents is 1. The molecule has 2 nitrogen and oxygen atoms in total. The Labute approximate surface area is 126 Å². The molecule has 3 atom stereocenters. The van der Waals surface area contributed by atoms with E-state index in [1.54, 1.807) is 0 Å². The van der Waals surface area contributed by atoms with Gasteiger partial charge in [-0.2, -0.15) is 11.8 Å². The molecular formula is C17H25NOS. The van der Waals surface area contributed by atoms with Gasteiger partial charge in [-0.15, -0.1) is 0 Å². The molecular weight excluding hydrogens is 266 g/mol. The summed E-state index contributed by atoms with van der Waals surface area (Å²) in [6.45, 7) is 7.85. The Morgan fingerprint density at radius 1 is 1.40 bits per heavy atom. The van der Waals surface area contributed by atoms with Crippen LogP contribution in [-0.2, 0) is 0 Å². The Balaban J connectivity index is 1.79. The number of phenols is 1. The number of hydrogen-bond acceptors (Lipinski definition) is 3. The molecule has 2 N–H and O–H groups in total. The van der Waals surface area contributed by atoms with Crippen molar-refractivity contribution in [1.82, 2.24) is 5.32 Å². The fraction of sp³-hybridized carbons (Fsp3) is 0.647. The molecule has 1 aromatic rings. The third-order valence-corrected chi connectivity index (χ3v) is 6.47. The highest BCUT2D eigenvalue weighted by Crippen LogP contribution is 2.46. The first-order valence-corrected chi connectivity index (χ1v) is 8.68. The van der Waals surface area contributed by atoms with Crippen molar-refractivity contribution in [1.29, 1.82) is 0 Å². The second kappa shape index (κ2) is 5.27. The van der Waals surface area contributed by atoms with Crippen LogP contribution >= 0.6 is 11.8 Å². The maximum atomic E-state index is 10.3. The summed E-state index contributed by atoms with van der Waals surface area (Å²) < 4.78 is 0.380. The fourth-order valence-electron chi connectivity index (χ4n) is 3.84. The van der Waals surface area contributed by atoms with Crippen molar-refractivity contribution in [3.63, 3.8) is 0 Å². The van der Waals surface area contributed by atoms with Crippen LogP contribution in [0.25, 0.3) is 0 Å². The number of aryl methyl sites for hydroxylation is 1. The van der Waals surface area contributed by atoms with Crippen LogP contribution in [0.15, 0.2) is 12.1 Å². The van der Waals surface area contributed by atoms with Crippen molar-refractivity contribution in [3.8, 4) is 5.75 Å². The maximum absolute atomic E-state index is 10.3. The normalized spacial score (nSPS) is 32.5. The lowest BCUT2D eigenvalue weighted by atomic mass is 9.97. The molecule has 0 saturated carbocycles. The summed E-state index contributed by atoms with van der Waals surface area (Å²) in [4.78, 5) is 0. The van der Waals surface area contributed by atoms with E-state index >= 15 is 0 Å². The van der Waals surface area contributed by atoms with Gasteiger partial charge in [0.2, 0.25) is 0 Å². The largest absolute Gasteiger partial charge is 0.508 e. The van der Waals surface area contributed by atoms with Crippen LogP contribution in [0.5, 0.6) is 5.75 Å². The predicted octanol–water partition coefficient (Wildman–Crippen LogP) is 4.12. The smallest absolute Gasteiger partial charge is 0.120 e. The standard InChI is InChI=1S/C17H25NOS/c1-11-5-6-14(19)16-13(9-12(2)15(11)16)18-10-17(3)7-4-8-20-17/h5-6,12-13,18-19H,4,7-10H2,1-3H3. The molecule has 1 aliphatic heterocycles. The van der Waals surface area contributed by atoms with Gasteiger partial charge in [0, 0.05) is 22.9 Å². The van der Waals surface area contributed by atoms with Gasteiger partial charge in [-0.25, -0.2) is 0 Å². The summed E-state index contributed by atoms with van der Waals surface area (Å²) in [5, 5.41) is 14.0. The van der Waals surface area contributed by atoms with Gasteiger partial charge in [-0.1, -0.05) is 13.0 Å². The molecule has 3 unspecified atom stereocenters. The molecule has 20 heavy (non-hydrogen) atoms. The topological polar surface area (TPSA) is 32.3 Å². The zero-order chi connectivity index (χ0) is 14.3. The lowest BCUT2D eigenvalue weighted by Crippen LogP contribution is -2.34. The molecule has 0 amide bonds. The van der Waals surface area contributed by atoms with E-state index in [0.29, 0.717) is 22.5 Å². The predicted molar refractivity (Wildman–Crippen MR) is 86.7 cm³/mol. The summed E-state index contributed by atoms with van der Waals surface area (Å²) in [7, 11) is 0. The number of benzene rings is 1.